The van der Waals surface area contributed by atoms with E-state index in [1.165, 1.54) is 0 Å². The first-order chi connectivity index (χ1) is 9.40. The second-order valence-corrected chi connectivity index (χ2v) is 6.36. The Labute approximate surface area is 122 Å². The lowest BCUT2D eigenvalue weighted by Gasteiger charge is -2.17. The maximum atomic E-state index is 11.7. The zero-order valence-electron chi connectivity index (χ0n) is 13.2. The van der Waals surface area contributed by atoms with Gasteiger partial charge in [0.05, 0.1) is 7.11 Å². The Bertz CT molecular complexity index is 404. The molecule has 0 saturated carbocycles. The first-order valence-electron chi connectivity index (χ1n) is 7.30. The van der Waals surface area contributed by atoms with Gasteiger partial charge in [-0.15, -0.1) is 0 Å². The fourth-order valence-corrected chi connectivity index (χ4v) is 1.98. The number of carbonyl (C=O) groups is 1. The molecule has 0 saturated heterocycles. The minimum atomic E-state index is 0.134. The Hall–Kier alpha value is -1.51. The summed E-state index contributed by atoms with van der Waals surface area (Å²) in [5, 5.41) is 2.98. The minimum absolute atomic E-state index is 0.134. The zero-order chi connectivity index (χ0) is 15.0. The van der Waals surface area contributed by atoms with E-state index in [1.807, 2.05) is 24.3 Å². The number of hydrogen-bond donors (Lipinski definition) is 1. The summed E-state index contributed by atoms with van der Waals surface area (Å²) in [6.07, 6.45) is 3.49. The first kappa shape index (κ1) is 16.5. The van der Waals surface area contributed by atoms with E-state index in [0.29, 0.717) is 11.8 Å². The van der Waals surface area contributed by atoms with Gasteiger partial charge in [-0.25, -0.2) is 0 Å². The summed E-state index contributed by atoms with van der Waals surface area (Å²) in [5.74, 6) is 0.982. The van der Waals surface area contributed by atoms with Crippen molar-refractivity contribution in [3.05, 3.63) is 29.8 Å². The third-order valence-corrected chi connectivity index (χ3v) is 3.23. The molecule has 0 aliphatic rings. The average molecular weight is 277 g/mol. The molecule has 0 radical (unpaired) electrons. The lowest BCUT2D eigenvalue weighted by atomic mass is 9.91. The Morgan fingerprint density at radius 1 is 1.20 bits per heavy atom. The van der Waals surface area contributed by atoms with Crippen LogP contribution in [0.3, 0.4) is 0 Å². The molecule has 0 aliphatic carbocycles. The molecule has 0 atom stereocenters. The summed E-state index contributed by atoms with van der Waals surface area (Å²) >= 11 is 0. The Kier molecular flexibility index (Phi) is 6.56. The summed E-state index contributed by atoms with van der Waals surface area (Å²) in [4.78, 5) is 11.7. The van der Waals surface area contributed by atoms with Crippen LogP contribution in [0, 0.1) is 5.41 Å². The van der Waals surface area contributed by atoms with Crippen molar-refractivity contribution in [2.75, 3.05) is 13.7 Å². The number of rotatable bonds is 7. The normalized spacial score (nSPS) is 11.2. The van der Waals surface area contributed by atoms with Gasteiger partial charge < -0.3 is 10.1 Å². The highest BCUT2D eigenvalue weighted by atomic mass is 16.5. The summed E-state index contributed by atoms with van der Waals surface area (Å²) in [7, 11) is 1.65. The van der Waals surface area contributed by atoms with E-state index < -0.39 is 0 Å². The van der Waals surface area contributed by atoms with E-state index in [-0.39, 0.29) is 5.91 Å². The number of hydrogen-bond acceptors (Lipinski definition) is 2. The van der Waals surface area contributed by atoms with Gasteiger partial charge in [0.2, 0.25) is 5.91 Å². The third kappa shape index (κ3) is 7.17. The van der Waals surface area contributed by atoms with Crippen molar-refractivity contribution in [3.8, 4) is 5.75 Å². The molecule has 20 heavy (non-hydrogen) atoms. The molecule has 1 rings (SSSR count). The molecule has 1 N–H and O–H groups in total. The molecule has 1 aromatic rings. The largest absolute Gasteiger partial charge is 0.497 e. The average Bonchev–Trinajstić information content (AvgIpc) is 2.41. The van der Waals surface area contributed by atoms with E-state index in [0.717, 1.165) is 37.1 Å². The number of benzene rings is 1. The van der Waals surface area contributed by atoms with Crippen molar-refractivity contribution in [2.45, 2.75) is 46.5 Å². The van der Waals surface area contributed by atoms with Crippen LogP contribution >= 0.6 is 0 Å². The van der Waals surface area contributed by atoms with Crippen LogP contribution in [0.5, 0.6) is 5.75 Å². The third-order valence-electron chi connectivity index (χ3n) is 3.23. The molecule has 3 heteroatoms. The van der Waals surface area contributed by atoms with E-state index in [9.17, 15) is 4.79 Å². The van der Waals surface area contributed by atoms with Crippen LogP contribution in [-0.4, -0.2) is 19.6 Å². The van der Waals surface area contributed by atoms with Gasteiger partial charge in [-0.05, 0) is 42.4 Å². The van der Waals surface area contributed by atoms with Crippen LogP contribution in [0.1, 0.15) is 45.6 Å². The number of ether oxygens (including phenoxy) is 1. The van der Waals surface area contributed by atoms with Gasteiger partial charge in [0.15, 0.2) is 0 Å². The highest BCUT2D eigenvalue weighted by Gasteiger charge is 2.09. The highest BCUT2D eigenvalue weighted by molar-refractivity contribution is 5.76. The van der Waals surface area contributed by atoms with Crippen molar-refractivity contribution >= 4 is 5.91 Å². The molecule has 3 nitrogen and oxygen atoms in total. The molecule has 0 spiro atoms. The molecule has 0 bridgehead atoms. The number of aryl methyl sites for hydroxylation is 1. The lowest BCUT2D eigenvalue weighted by Crippen LogP contribution is -2.25. The maximum absolute atomic E-state index is 11.7. The molecule has 1 aromatic carbocycles. The van der Waals surface area contributed by atoms with E-state index >= 15 is 0 Å². The van der Waals surface area contributed by atoms with Crippen molar-refractivity contribution in [3.63, 3.8) is 0 Å². The SMILES string of the molecule is COc1ccc(CCC(=O)NCCCC(C)(C)C)cc1. The summed E-state index contributed by atoms with van der Waals surface area (Å²) in [6, 6.07) is 7.87. The van der Waals surface area contributed by atoms with Crippen LogP contribution in [0.15, 0.2) is 24.3 Å². The summed E-state index contributed by atoms with van der Waals surface area (Å²) in [6.45, 7) is 7.44. The van der Waals surface area contributed by atoms with Crippen LogP contribution < -0.4 is 10.1 Å². The second-order valence-electron chi connectivity index (χ2n) is 6.36. The minimum Gasteiger partial charge on any atom is -0.497 e. The zero-order valence-corrected chi connectivity index (χ0v) is 13.2. The van der Waals surface area contributed by atoms with Gasteiger partial charge in [0, 0.05) is 13.0 Å². The quantitative estimate of drug-likeness (QED) is 0.774. The van der Waals surface area contributed by atoms with Crippen molar-refractivity contribution in [1.82, 2.24) is 5.32 Å². The predicted octanol–water partition coefficient (Wildman–Crippen LogP) is 3.57. The maximum Gasteiger partial charge on any atom is 0.220 e. The summed E-state index contributed by atoms with van der Waals surface area (Å²) < 4.78 is 5.11. The molecule has 0 unspecified atom stereocenters. The predicted molar refractivity (Wildman–Crippen MR) is 83.0 cm³/mol. The van der Waals surface area contributed by atoms with Gasteiger partial charge in [-0.2, -0.15) is 0 Å². The van der Waals surface area contributed by atoms with Crippen LogP contribution in [0.4, 0.5) is 0 Å². The topological polar surface area (TPSA) is 38.3 Å². The smallest absolute Gasteiger partial charge is 0.220 e. The number of amides is 1. The molecule has 1 amide bonds. The first-order valence-corrected chi connectivity index (χ1v) is 7.30. The molecule has 0 heterocycles. The van der Waals surface area contributed by atoms with Crippen molar-refractivity contribution in [1.29, 1.82) is 0 Å². The van der Waals surface area contributed by atoms with Crippen LogP contribution in [0.25, 0.3) is 0 Å². The summed E-state index contributed by atoms with van der Waals surface area (Å²) in [5.41, 5.74) is 1.50. The van der Waals surface area contributed by atoms with E-state index in [1.54, 1.807) is 7.11 Å². The standard InChI is InChI=1S/C17H27NO2/c1-17(2,3)12-5-13-18-16(19)11-8-14-6-9-15(20-4)10-7-14/h6-7,9-10H,5,8,11-13H2,1-4H3,(H,18,19). The Morgan fingerprint density at radius 2 is 1.85 bits per heavy atom. The van der Waals surface area contributed by atoms with Crippen molar-refractivity contribution in [2.24, 2.45) is 5.41 Å². The number of carbonyl (C=O) groups excluding carboxylic acids is 1. The molecular formula is C17H27NO2. The molecule has 0 fully saturated rings. The number of nitrogens with one attached hydrogen (secondary N) is 1. The second kappa shape index (κ2) is 7.93. The van der Waals surface area contributed by atoms with Gasteiger partial charge >= 0.3 is 0 Å². The van der Waals surface area contributed by atoms with Gasteiger partial charge in [-0.3, -0.25) is 4.79 Å². The molecule has 0 aromatic heterocycles. The van der Waals surface area contributed by atoms with E-state index in [4.69, 9.17) is 4.74 Å². The fraction of sp³-hybridized carbons (Fsp3) is 0.588. The Morgan fingerprint density at radius 3 is 2.40 bits per heavy atom. The monoisotopic (exact) mass is 277 g/mol. The molecule has 112 valence electrons. The Balaban J connectivity index is 2.19. The van der Waals surface area contributed by atoms with E-state index in [2.05, 4.69) is 26.1 Å². The van der Waals surface area contributed by atoms with Crippen LogP contribution in [0.2, 0.25) is 0 Å². The van der Waals surface area contributed by atoms with Gasteiger partial charge in [0.1, 0.15) is 5.75 Å². The lowest BCUT2D eigenvalue weighted by molar-refractivity contribution is -0.121. The van der Waals surface area contributed by atoms with Gasteiger partial charge in [-0.1, -0.05) is 32.9 Å². The van der Waals surface area contributed by atoms with Gasteiger partial charge in [0.25, 0.3) is 0 Å². The fourth-order valence-electron chi connectivity index (χ4n) is 1.98. The molecular weight excluding hydrogens is 250 g/mol. The molecule has 0 aliphatic heterocycles. The van der Waals surface area contributed by atoms with Crippen molar-refractivity contribution < 1.29 is 9.53 Å². The number of methoxy groups -OCH3 is 1. The van der Waals surface area contributed by atoms with Crippen LogP contribution in [-0.2, 0) is 11.2 Å². The highest BCUT2D eigenvalue weighted by Crippen LogP contribution is 2.19.